The summed E-state index contributed by atoms with van der Waals surface area (Å²) in [6, 6.07) is 25.7. The minimum atomic E-state index is -4.57. The zero-order valence-corrected chi connectivity index (χ0v) is 22.5. The normalized spacial score (nSPS) is 12.0. The number of fused-ring (bicyclic) bond motifs is 1. The molecule has 0 aliphatic heterocycles. The summed E-state index contributed by atoms with van der Waals surface area (Å²) < 4.78 is 47.7. The van der Waals surface area contributed by atoms with Crippen molar-refractivity contribution in [2.75, 3.05) is 0 Å². The number of hydrogen-bond acceptors (Lipinski definition) is 3. The van der Waals surface area contributed by atoms with Gasteiger partial charge in [-0.2, -0.15) is 13.2 Å². The number of benzene rings is 4. The third-order valence-corrected chi connectivity index (χ3v) is 6.91. The predicted molar refractivity (Wildman–Crippen MR) is 155 cm³/mol. The van der Waals surface area contributed by atoms with Crippen molar-refractivity contribution in [2.45, 2.75) is 19.7 Å². The second-order valence-corrected chi connectivity index (χ2v) is 9.83. The fourth-order valence-corrected chi connectivity index (χ4v) is 4.72. The predicted octanol–water partition coefficient (Wildman–Crippen LogP) is 9.31. The molecule has 206 valence electrons. The number of nitrogens with zero attached hydrogens (tertiary/aromatic N) is 1. The Morgan fingerprint density at radius 3 is 2.37 bits per heavy atom. The van der Waals surface area contributed by atoms with Gasteiger partial charge in [0.05, 0.1) is 16.1 Å². The highest BCUT2D eigenvalue weighted by molar-refractivity contribution is 6.32. The van der Waals surface area contributed by atoms with Crippen LogP contribution in [0.15, 0.2) is 103 Å². The zero-order valence-electron chi connectivity index (χ0n) is 21.7. The molecule has 0 saturated carbocycles. The third-order valence-electron chi connectivity index (χ3n) is 6.60. The topological polar surface area (TPSA) is 59.4 Å². The van der Waals surface area contributed by atoms with Crippen molar-refractivity contribution < 1.29 is 27.8 Å². The van der Waals surface area contributed by atoms with Crippen LogP contribution in [0.1, 0.15) is 23.6 Å². The zero-order chi connectivity index (χ0) is 29.1. The van der Waals surface area contributed by atoms with E-state index in [1.165, 1.54) is 19.2 Å². The number of alkyl halides is 3. The summed E-state index contributed by atoms with van der Waals surface area (Å²) in [7, 11) is 0. The summed E-state index contributed by atoms with van der Waals surface area (Å²) in [4.78, 5) is 15.3. The molecule has 1 aromatic heterocycles. The van der Waals surface area contributed by atoms with Gasteiger partial charge in [-0.25, -0.2) is 4.79 Å². The van der Waals surface area contributed by atoms with Gasteiger partial charge in [-0.1, -0.05) is 84.4 Å². The average Bonchev–Trinajstić information content (AvgIpc) is 2.96. The van der Waals surface area contributed by atoms with Crippen LogP contribution in [-0.4, -0.2) is 16.1 Å². The van der Waals surface area contributed by atoms with Crippen molar-refractivity contribution in [1.82, 2.24) is 4.98 Å². The molecule has 4 aromatic carbocycles. The van der Waals surface area contributed by atoms with Crippen LogP contribution in [0.5, 0.6) is 5.75 Å². The van der Waals surface area contributed by atoms with Gasteiger partial charge in [0, 0.05) is 28.3 Å². The van der Waals surface area contributed by atoms with E-state index in [-0.39, 0.29) is 17.7 Å². The number of pyridine rings is 1. The summed E-state index contributed by atoms with van der Waals surface area (Å²) in [5.74, 6) is -0.621. The van der Waals surface area contributed by atoms with E-state index in [1.54, 1.807) is 42.5 Å². The first-order chi connectivity index (χ1) is 19.6. The van der Waals surface area contributed by atoms with Gasteiger partial charge in [0.15, 0.2) is 0 Å². The van der Waals surface area contributed by atoms with Crippen molar-refractivity contribution >= 4 is 34.5 Å². The quantitative estimate of drug-likeness (QED) is 0.197. The molecule has 5 rings (SSSR count). The standard InChI is InChI=1S/C33H23ClF3NO3/c1-20(32(39)40)16-21-10-12-22(13-11-21)19-41-29-17-24(14-15-28(29)34)30-25-8-5-9-27(33(35,36)37)31(25)38-18-26(30)23-6-3-2-4-7-23/h2-18H,19H2,1H3,(H,39,40). The van der Waals surface area contributed by atoms with Gasteiger partial charge in [0.25, 0.3) is 0 Å². The van der Waals surface area contributed by atoms with Crippen LogP contribution in [0.4, 0.5) is 13.2 Å². The molecule has 4 nitrogen and oxygen atoms in total. The van der Waals surface area contributed by atoms with Gasteiger partial charge in [-0.3, -0.25) is 4.98 Å². The molecule has 0 fully saturated rings. The van der Waals surface area contributed by atoms with E-state index in [0.29, 0.717) is 32.8 Å². The lowest BCUT2D eigenvalue weighted by molar-refractivity contribution is -0.136. The van der Waals surface area contributed by atoms with Crippen LogP contribution in [-0.2, 0) is 17.6 Å². The number of carboxylic acids is 1. The second-order valence-electron chi connectivity index (χ2n) is 9.42. The molecule has 0 saturated heterocycles. The maximum atomic E-state index is 13.9. The molecule has 0 radical (unpaired) electrons. The maximum absolute atomic E-state index is 13.9. The summed E-state index contributed by atoms with van der Waals surface area (Å²) in [5, 5.41) is 9.78. The van der Waals surface area contributed by atoms with Crippen LogP contribution in [0, 0.1) is 0 Å². The molecule has 0 amide bonds. The van der Waals surface area contributed by atoms with Crippen molar-refractivity contribution in [3.8, 4) is 28.0 Å². The maximum Gasteiger partial charge on any atom is 0.418 e. The van der Waals surface area contributed by atoms with Crippen LogP contribution >= 0.6 is 11.6 Å². The minimum Gasteiger partial charge on any atom is -0.487 e. The summed E-state index contributed by atoms with van der Waals surface area (Å²) in [6.07, 6.45) is -1.52. The van der Waals surface area contributed by atoms with E-state index in [9.17, 15) is 18.0 Å². The molecule has 0 aliphatic rings. The number of halogens is 4. The molecule has 8 heteroatoms. The van der Waals surface area contributed by atoms with Crippen LogP contribution in [0.25, 0.3) is 39.2 Å². The van der Waals surface area contributed by atoms with Gasteiger partial charge < -0.3 is 9.84 Å². The van der Waals surface area contributed by atoms with E-state index in [4.69, 9.17) is 21.4 Å². The Morgan fingerprint density at radius 1 is 0.951 bits per heavy atom. The number of hydrogen-bond donors (Lipinski definition) is 1. The van der Waals surface area contributed by atoms with Crippen molar-refractivity contribution in [2.24, 2.45) is 0 Å². The number of para-hydroxylation sites is 1. The fraction of sp³-hybridized carbons (Fsp3) is 0.0909. The molecule has 0 aliphatic carbocycles. The number of carboxylic acid groups (broad SMARTS) is 1. The Kier molecular flexibility index (Phi) is 7.81. The Morgan fingerprint density at radius 2 is 1.68 bits per heavy atom. The number of rotatable bonds is 7. The summed E-state index contributed by atoms with van der Waals surface area (Å²) in [6.45, 7) is 1.69. The summed E-state index contributed by atoms with van der Waals surface area (Å²) >= 11 is 6.47. The molecular weight excluding hydrogens is 551 g/mol. The highest BCUT2D eigenvalue weighted by atomic mass is 35.5. The van der Waals surface area contributed by atoms with E-state index in [2.05, 4.69) is 4.98 Å². The van der Waals surface area contributed by atoms with Crippen LogP contribution in [0.3, 0.4) is 0 Å². The lowest BCUT2D eigenvalue weighted by atomic mass is 9.91. The third kappa shape index (κ3) is 6.10. The molecule has 0 spiro atoms. The highest BCUT2D eigenvalue weighted by Gasteiger charge is 2.33. The molecule has 1 heterocycles. The Balaban J connectivity index is 1.55. The van der Waals surface area contributed by atoms with E-state index in [0.717, 1.165) is 22.8 Å². The van der Waals surface area contributed by atoms with Gasteiger partial charge in [0.1, 0.15) is 12.4 Å². The molecule has 0 unspecified atom stereocenters. The first-order valence-electron chi connectivity index (χ1n) is 12.6. The minimum absolute atomic E-state index is 0.139. The molecular formula is C33H23ClF3NO3. The Bertz CT molecular complexity index is 1770. The molecule has 5 aromatic rings. The lowest BCUT2D eigenvalue weighted by Gasteiger charge is -2.17. The number of aliphatic carboxylic acids is 1. The lowest BCUT2D eigenvalue weighted by Crippen LogP contribution is -2.07. The van der Waals surface area contributed by atoms with Gasteiger partial charge >= 0.3 is 12.1 Å². The second kappa shape index (κ2) is 11.5. The average molecular weight is 574 g/mol. The van der Waals surface area contributed by atoms with Crippen molar-refractivity contribution in [1.29, 1.82) is 0 Å². The monoisotopic (exact) mass is 573 g/mol. The number of ether oxygens (including phenoxy) is 1. The largest absolute Gasteiger partial charge is 0.487 e. The van der Waals surface area contributed by atoms with Crippen LogP contribution < -0.4 is 4.74 Å². The molecule has 1 N–H and O–H groups in total. The van der Waals surface area contributed by atoms with Crippen molar-refractivity contribution in [3.05, 3.63) is 124 Å². The number of carbonyl (C=O) groups is 1. The van der Waals surface area contributed by atoms with E-state index >= 15 is 0 Å². The first-order valence-corrected chi connectivity index (χ1v) is 13.0. The van der Waals surface area contributed by atoms with Crippen molar-refractivity contribution in [3.63, 3.8) is 0 Å². The Hall–Kier alpha value is -4.62. The molecule has 41 heavy (non-hydrogen) atoms. The smallest absolute Gasteiger partial charge is 0.418 e. The SMILES string of the molecule is CC(=Cc1ccc(COc2cc(-c3c(-c4ccccc4)cnc4c(C(F)(F)F)cccc34)ccc2Cl)cc1)C(=O)O. The fourth-order valence-electron chi connectivity index (χ4n) is 4.55. The molecule has 0 bridgehead atoms. The first kappa shape index (κ1) is 27.9. The van der Waals surface area contributed by atoms with Gasteiger partial charge in [-0.15, -0.1) is 0 Å². The number of aromatic nitrogens is 1. The molecule has 0 atom stereocenters. The Labute approximate surface area is 239 Å². The van der Waals surface area contributed by atoms with E-state index < -0.39 is 17.7 Å². The van der Waals surface area contributed by atoms with Crippen LogP contribution in [0.2, 0.25) is 5.02 Å². The van der Waals surface area contributed by atoms with Gasteiger partial charge in [0.2, 0.25) is 0 Å². The summed E-state index contributed by atoms with van der Waals surface area (Å²) in [5.41, 5.74) is 3.52. The highest BCUT2D eigenvalue weighted by Crippen LogP contribution is 2.43. The van der Waals surface area contributed by atoms with E-state index in [1.807, 2.05) is 42.5 Å². The van der Waals surface area contributed by atoms with Gasteiger partial charge in [-0.05, 0) is 53.5 Å².